The summed E-state index contributed by atoms with van der Waals surface area (Å²) in [6.45, 7) is 1.21. The second-order valence-electron chi connectivity index (χ2n) is 6.48. The average molecular weight is 581 g/mol. The zero-order chi connectivity index (χ0) is 24.0. The van der Waals surface area contributed by atoms with E-state index in [1.165, 1.54) is 30.7 Å². The molecule has 10 nitrogen and oxygen atoms in total. The van der Waals surface area contributed by atoms with Crippen LogP contribution in [0.3, 0.4) is 0 Å². The first-order chi connectivity index (χ1) is 15.7. The van der Waals surface area contributed by atoms with Crippen LogP contribution in [0.4, 0.5) is 5.69 Å². The molecule has 170 valence electrons. The molecule has 0 saturated heterocycles. The fourth-order valence-corrected chi connectivity index (χ4v) is 3.90. The Morgan fingerprint density at radius 2 is 2.03 bits per heavy atom. The number of hydrogen-bond donors (Lipinski definition) is 1. The number of carbonyl (C=O) groups is 2. The molecule has 0 atom stereocenters. The van der Waals surface area contributed by atoms with E-state index in [-0.39, 0.29) is 22.9 Å². The third-order valence-electron chi connectivity index (χ3n) is 4.02. The van der Waals surface area contributed by atoms with Gasteiger partial charge in [-0.15, -0.1) is 0 Å². The number of carbonyl (C=O) groups excluding carboxylic acids is 2. The summed E-state index contributed by atoms with van der Waals surface area (Å²) in [5.74, 6) is -1.22. The molecule has 33 heavy (non-hydrogen) atoms. The van der Waals surface area contributed by atoms with E-state index in [0.717, 1.165) is 0 Å². The molecule has 2 aromatic carbocycles. The van der Waals surface area contributed by atoms with E-state index in [1.807, 2.05) is 0 Å². The number of ether oxygens (including phenoxy) is 2. The summed E-state index contributed by atoms with van der Waals surface area (Å²) in [6.07, 6.45) is 2.62. The summed E-state index contributed by atoms with van der Waals surface area (Å²) < 4.78 is 16.8. The second kappa shape index (κ2) is 10.9. The van der Waals surface area contributed by atoms with Crippen molar-refractivity contribution in [2.45, 2.75) is 6.92 Å². The molecular formula is C21H15Br2N3O7. The Morgan fingerprint density at radius 1 is 1.24 bits per heavy atom. The van der Waals surface area contributed by atoms with Gasteiger partial charge in [0.2, 0.25) is 5.76 Å². The van der Waals surface area contributed by atoms with Crippen molar-refractivity contribution in [3.63, 3.8) is 0 Å². The van der Waals surface area contributed by atoms with Crippen molar-refractivity contribution < 1.29 is 28.4 Å². The predicted octanol–water partition coefficient (Wildman–Crippen LogP) is 4.77. The Labute approximate surface area is 204 Å². The molecule has 3 aromatic rings. The monoisotopic (exact) mass is 579 g/mol. The van der Waals surface area contributed by atoms with Crippen LogP contribution in [-0.2, 0) is 4.79 Å². The molecule has 0 aliphatic heterocycles. The van der Waals surface area contributed by atoms with Gasteiger partial charge in [-0.05, 0) is 58.7 Å². The Bertz CT molecular complexity index is 1230. The van der Waals surface area contributed by atoms with Gasteiger partial charge in [-0.25, -0.2) is 10.2 Å². The first-order valence-electron chi connectivity index (χ1n) is 9.19. The van der Waals surface area contributed by atoms with E-state index in [2.05, 4.69) is 42.4 Å². The van der Waals surface area contributed by atoms with Crippen molar-refractivity contribution in [2.24, 2.45) is 5.10 Å². The van der Waals surface area contributed by atoms with E-state index < -0.39 is 23.4 Å². The fraction of sp³-hybridized carbons (Fsp3) is 0.0952. The smallest absolute Gasteiger partial charge is 0.379 e. The number of benzene rings is 2. The molecule has 1 heterocycles. The Morgan fingerprint density at radius 3 is 2.73 bits per heavy atom. The standard InChI is InChI=1S/C21H15Br2N3O7/c1-12-4-5-17(16(7-12)26(29)30)32-11-19(27)25-24-10-13-8-14(22)9-15(23)20(13)33-21(28)18-3-2-6-31-18/h2-10H,11H2,1H3,(H,25,27)/b24-10+. The van der Waals surface area contributed by atoms with E-state index >= 15 is 0 Å². The zero-order valence-corrected chi connectivity index (χ0v) is 20.1. The number of halogens is 2. The first-order valence-corrected chi connectivity index (χ1v) is 10.8. The summed E-state index contributed by atoms with van der Waals surface area (Å²) in [5, 5.41) is 15.0. The number of furan rings is 1. The molecule has 1 N–H and O–H groups in total. The highest BCUT2D eigenvalue weighted by Gasteiger charge is 2.18. The maximum absolute atomic E-state index is 12.2. The largest absolute Gasteiger partial charge is 0.477 e. The Kier molecular flexibility index (Phi) is 7.96. The van der Waals surface area contributed by atoms with E-state index in [4.69, 9.17) is 13.9 Å². The van der Waals surface area contributed by atoms with Crippen LogP contribution in [0.2, 0.25) is 0 Å². The van der Waals surface area contributed by atoms with Crippen LogP contribution in [0.5, 0.6) is 11.5 Å². The Hall–Kier alpha value is -3.51. The normalized spacial score (nSPS) is 10.8. The lowest BCUT2D eigenvalue weighted by Gasteiger charge is -2.09. The minimum Gasteiger partial charge on any atom is -0.477 e. The molecule has 0 radical (unpaired) electrons. The van der Waals surface area contributed by atoms with Gasteiger partial charge < -0.3 is 13.9 Å². The van der Waals surface area contributed by atoms with Gasteiger partial charge in [0, 0.05) is 16.1 Å². The number of nitro benzene ring substituents is 1. The van der Waals surface area contributed by atoms with E-state index in [0.29, 0.717) is 20.1 Å². The minimum atomic E-state index is -0.713. The van der Waals surface area contributed by atoms with Gasteiger partial charge in [0.15, 0.2) is 18.1 Å². The van der Waals surface area contributed by atoms with Crippen molar-refractivity contribution in [2.75, 3.05) is 6.61 Å². The van der Waals surface area contributed by atoms with Crippen molar-refractivity contribution in [1.29, 1.82) is 0 Å². The third-order valence-corrected chi connectivity index (χ3v) is 5.06. The summed E-state index contributed by atoms with van der Waals surface area (Å²) in [6, 6.07) is 10.7. The summed E-state index contributed by atoms with van der Waals surface area (Å²) in [4.78, 5) is 34.9. The maximum atomic E-state index is 12.2. The lowest BCUT2D eigenvalue weighted by atomic mass is 10.2. The van der Waals surface area contributed by atoms with Crippen LogP contribution in [0.25, 0.3) is 0 Å². The number of amides is 1. The van der Waals surface area contributed by atoms with Crippen LogP contribution in [0.1, 0.15) is 21.7 Å². The molecular weight excluding hydrogens is 566 g/mol. The number of hydrogen-bond acceptors (Lipinski definition) is 8. The lowest BCUT2D eigenvalue weighted by molar-refractivity contribution is -0.385. The van der Waals surface area contributed by atoms with Crippen molar-refractivity contribution >= 4 is 55.6 Å². The highest BCUT2D eigenvalue weighted by molar-refractivity contribution is 9.11. The van der Waals surface area contributed by atoms with Crippen LogP contribution in [-0.4, -0.2) is 29.6 Å². The number of esters is 1. The van der Waals surface area contributed by atoms with Gasteiger partial charge >= 0.3 is 11.7 Å². The van der Waals surface area contributed by atoms with Crippen LogP contribution in [0, 0.1) is 17.0 Å². The molecule has 0 bridgehead atoms. The van der Waals surface area contributed by atoms with E-state index in [9.17, 15) is 19.7 Å². The molecule has 0 aliphatic carbocycles. The van der Waals surface area contributed by atoms with Gasteiger partial charge in [0.25, 0.3) is 5.91 Å². The van der Waals surface area contributed by atoms with Crippen molar-refractivity contribution in [1.82, 2.24) is 5.43 Å². The van der Waals surface area contributed by atoms with Gasteiger partial charge in [-0.1, -0.05) is 22.0 Å². The van der Waals surface area contributed by atoms with E-state index in [1.54, 1.807) is 31.2 Å². The topological polar surface area (TPSA) is 133 Å². The molecule has 1 aromatic heterocycles. The van der Waals surface area contributed by atoms with Gasteiger partial charge in [-0.2, -0.15) is 5.10 Å². The second-order valence-corrected chi connectivity index (χ2v) is 8.25. The molecule has 1 amide bonds. The van der Waals surface area contributed by atoms with Gasteiger partial charge in [0.1, 0.15) is 0 Å². The first kappa shape index (κ1) is 24.1. The quantitative estimate of drug-likeness (QED) is 0.133. The summed E-state index contributed by atoms with van der Waals surface area (Å²) in [5.41, 5.74) is 3.07. The number of nitrogens with one attached hydrogen (secondary N) is 1. The number of hydrazone groups is 1. The van der Waals surface area contributed by atoms with Crippen molar-refractivity contribution in [3.05, 3.63) is 84.7 Å². The molecule has 0 saturated carbocycles. The number of nitrogens with zero attached hydrogens (tertiary/aromatic N) is 2. The predicted molar refractivity (Wildman–Crippen MR) is 125 cm³/mol. The SMILES string of the molecule is Cc1ccc(OCC(=O)N/N=C/c2cc(Br)cc(Br)c2OC(=O)c2ccco2)c([N+](=O)[O-])c1. The summed E-state index contributed by atoms with van der Waals surface area (Å²) in [7, 11) is 0. The Balaban J connectivity index is 1.67. The molecule has 0 unspecified atom stereocenters. The van der Waals surface area contributed by atoms with Gasteiger partial charge in [-0.3, -0.25) is 14.9 Å². The van der Waals surface area contributed by atoms with Crippen LogP contribution >= 0.6 is 31.9 Å². The highest BCUT2D eigenvalue weighted by Crippen LogP contribution is 2.33. The third kappa shape index (κ3) is 6.49. The average Bonchev–Trinajstić information content (AvgIpc) is 3.30. The molecule has 0 spiro atoms. The molecule has 3 rings (SSSR count). The highest BCUT2D eigenvalue weighted by atomic mass is 79.9. The molecule has 0 aliphatic rings. The maximum Gasteiger partial charge on any atom is 0.379 e. The lowest BCUT2D eigenvalue weighted by Crippen LogP contribution is -2.24. The minimum absolute atomic E-state index is 0.0170. The fourth-order valence-electron chi connectivity index (χ4n) is 2.56. The van der Waals surface area contributed by atoms with Crippen LogP contribution < -0.4 is 14.9 Å². The number of aryl methyl sites for hydroxylation is 1. The van der Waals surface area contributed by atoms with Crippen LogP contribution in [0.15, 0.2) is 67.2 Å². The van der Waals surface area contributed by atoms with Gasteiger partial charge in [0.05, 0.1) is 21.9 Å². The number of nitro groups is 1. The summed E-state index contributed by atoms with van der Waals surface area (Å²) >= 11 is 6.66. The molecule has 12 heteroatoms. The van der Waals surface area contributed by atoms with Crippen molar-refractivity contribution in [3.8, 4) is 11.5 Å². The zero-order valence-electron chi connectivity index (χ0n) is 16.9. The number of rotatable bonds is 8. The molecule has 0 fully saturated rings.